The van der Waals surface area contributed by atoms with E-state index in [1.165, 1.54) is 6.42 Å². The lowest BCUT2D eigenvalue weighted by Crippen LogP contribution is -2.42. The molecule has 5 heteroatoms. The van der Waals surface area contributed by atoms with E-state index < -0.39 is 0 Å². The van der Waals surface area contributed by atoms with Gasteiger partial charge in [0.05, 0.1) is 11.4 Å². The van der Waals surface area contributed by atoms with Gasteiger partial charge in [0.2, 0.25) is 5.91 Å². The van der Waals surface area contributed by atoms with Crippen LogP contribution in [0.2, 0.25) is 0 Å². The fraction of sp³-hybridized carbons (Fsp3) is 0.333. The number of anilines is 1. The summed E-state index contributed by atoms with van der Waals surface area (Å²) < 4.78 is 0. The third-order valence-electron chi connectivity index (χ3n) is 3.43. The Bertz CT molecular complexity index is 578. The van der Waals surface area contributed by atoms with E-state index in [2.05, 4.69) is 27.8 Å². The molecular weight excluding hydrogens is 270 g/mol. The maximum atomic E-state index is 11.7. The smallest absolute Gasteiger partial charge is 0.239 e. The van der Waals surface area contributed by atoms with Crippen molar-refractivity contribution in [3.8, 4) is 10.4 Å². The van der Waals surface area contributed by atoms with Crippen molar-refractivity contribution < 1.29 is 4.79 Å². The summed E-state index contributed by atoms with van der Waals surface area (Å²) in [5, 5.41) is 6.87. The van der Waals surface area contributed by atoms with E-state index in [1.807, 2.05) is 24.4 Å². The molecule has 1 heterocycles. The van der Waals surface area contributed by atoms with Gasteiger partial charge in [-0.15, -0.1) is 0 Å². The molecule has 0 radical (unpaired) electrons. The number of nitrogens with zero attached hydrogens (tertiary/aromatic N) is 1. The SMILES string of the molecule is O=C(CNc1ncc(-c2ccccc2)s1)NC1CCC1. The summed E-state index contributed by atoms with van der Waals surface area (Å²) in [7, 11) is 0. The second-order valence-electron chi connectivity index (χ2n) is 4.94. The second-order valence-corrected chi connectivity index (χ2v) is 5.98. The monoisotopic (exact) mass is 287 g/mol. The van der Waals surface area contributed by atoms with E-state index >= 15 is 0 Å². The van der Waals surface area contributed by atoms with Crippen molar-refractivity contribution in [2.75, 3.05) is 11.9 Å². The minimum Gasteiger partial charge on any atom is -0.352 e. The van der Waals surface area contributed by atoms with Gasteiger partial charge >= 0.3 is 0 Å². The van der Waals surface area contributed by atoms with Crippen molar-refractivity contribution in [1.82, 2.24) is 10.3 Å². The molecule has 0 bridgehead atoms. The summed E-state index contributed by atoms with van der Waals surface area (Å²) in [5.74, 6) is 0.0474. The normalized spacial score (nSPS) is 14.6. The van der Waals surface area contributed by atoms with Crippen molar-refractivity contribution in [1.29, 1.82) is 0 Å². The quantitative estimate of drug-likeness (QED) is 0.889. The number of nitrogens with one attached hydrogen (secondary N) is 2. The standard InChI is InChI=1S/C15H17N3OS/c19-14(18-12-7-4-8-12)10-17-15-16-9-13(20-15)11-5-2-1-3-6-11/h1-3,5-6,9,12H,4,7-8,10H2,(H,16,17)(H,18,19). The molecule has 1 aliphatic carbocycles. The number of carbonyl (C=O) groups is 1. The van der Waals surface area contributed by atoms with Gasteiger partial charge in [-0.3, -0.25) is 4.79 Å². The second kappa shape index (κ2) is 6.05. The Morgan fingerprint density at radius 2 is 2.10 bits per heavy atom. The first-order chi connectivity index (χ1) is 9.81. The summed E-state index contributed by atoms with van der Waals surface area (Å²) in [4.78, 5) is 17.1. The number of amides is 1. The largest absolute Gasteiger partial charge is 0.352 e. The first kappa shape index (κ1) is 13.1. The van der Waals surface area contributed by atoms with Crippen LogP contribution in [0.25, 0.3) is 10.4 Å². The molecular formula is C15H17N3OS. The third kappa shape index (κ3) is 3.17. The van der Waals surface area contributed by atoms with Crippen molar-refractivity contribution in [3.05, 3.63) is 36.5 Å². The molecule has 0 aliphatic heterocycles. The average Bonchev–Trinajstić information content (AvgIpc) is 2.91. The Labute approximate surface area is 122 Å². The van der Waals surface area contributed by atoms with Crippen LogP contribution in [-0.4, -0.2) is 23.5 Å². The Kier molecular flexibility index (Phi) is 3.97. The molecule has 20 heavy (non-hydrogen) atoms. The summed E-state index contributed by atoms with van der Waals surface area (Å²) in [6.45, 7) is 0.290. The summed E-state index contributed by atoms with van der Waals surface area (Å²) >= 11 is 1.56. The highest BCUT2D eigenvalue weighted by Gasteiger charge is 2.19. The highest BCUT2D eigenvalue weighted by Crippen LogP contribution is 2.28. The zero-order chi connectivity index (χ0) is 13.8. The van der Waals surface area contributed by atoms with Gasteiger partial charge in [-0.25, -0.2) is 4.98 Å². The third-order valence-corrected chi connectivity index (χ3v) is 4.44. The van der Waals surface area contributed by atoms with Crippen LogP contribution in [0.4, 0.5) is 5.13 Å². The fourth-order valence-electron chi connectivity index (χ4n) is 2.08. The van der Waals surface area contributed by atoms with E-state index in [1.54, 1.807) is 11.3 Å². The van der Waals surface area contributed by atoms with E-state index in [0.29, 0.717) is 6.04 Å². The van der Waals surface area contributed by atoms with Gasteiger partial charge in [0.15, 0.2) is 5.13 Å². The van der Waals surface area contributed by atoms with Gasteiger partial charge in [0.1, 0.15) is 0 Å². The molecule has 1 aromatic carbocycles. The number of hydrogen-bond acceptors (Lipinski definition) is 4. The van der Waals surface area contributed by atoms with Crippen LogP contribution in [-0.2, 0) is 4.79 Å². The minimum atomic E-state index is 0.0474. The zero-order valence-electron chi connectivity index (χ0n) is 11.1. The van der Waals surface area contributed by atoms with E-state index in [4.69, 9.17) is 0 Å². The number of benzene rings is 1. The Hall–Kier alpha value is -1.88. The number of hydrogen-bond donors (Lipinski definition) is 2. The molecule has 104 valence electrons. The minimum absolute atomic E-state index is 0.0474. The van der Waals surface area contributed by atoms with Crippen molar-refractivity contribution in [2.45, 2.75) is 25.3 Å². The highest BCUT2D eigenvalue weighted by molar-refractivity contribution is 7.18. The maximum absolute atomic E-state index is 11.7. The van der Waals surface area contributed by atoms with Crippen LogP contribution in [0.5, 0.6) is 0 Å². The molecule has 1 saturated carbocycles. The maximum Gasteiger partial charge on any atom is 0.239 e. The topological polar surface area (TPSA) is 54.0 Å². The lowest BCUT2D eigenvalue weighted by molar-refractivity contribution is -0.120. The number of thiazole rings is 1. The Morgan fingerprint density at radius 1 is 1.30 bits per heavy atom. The van der Waals surface area contributed by atoms with E-state index in [0.717, 1.165) is 28.4 Å². The highest BCUT2D eigenvalue weighted by atomic mass is 32.1. The molecule has 0 saturated heterocycles. The average molecular weight is 287 g/mol. The molecule has 3 rings (SSSR count). The van der Waals surface area contributed by atoms with Crippen LogP contribution in [0.3, 0.4) is 0 Å². The first-order valence-corrected chi connectivity index (χ1v) is 7.67. The molecule has 1 aliphatic rings. The molecule has 4 nitrogen and oxygen atoms in total. The van der Waals surface area contributed by atoms with Gasteiger partial charge in [-0.1, -0.05) is 41.7 Å². The van der Waals surface area contributed by atoms with Crippen molar-refractivity contribution in [3.63, 3.8) is 0 Å². The molecule has 1 fully saturated rings. The van der Waals surface area contributed by atoms with Crippen LogP contribution in [0, 0.1) is 0 Å². The molecule has 1 amide bonds. The lowest BCUT2D eigenvalue weighted by Gasteiger charge is -2.26. The van der Waals surface area contributed by atoms with Gasteiger partial charge < -0.3 is 10.6 Å². The van der Waals surface area contributed by atoms with Crippen LogP contribution in [0.1, 0.15) is 19.3 Å². The van der Waals surface area contributed by atoms with Crippen LogP contribution in [0.15, 0.2) is 36.5 Å². The summed E-state index contributed by atoms with van der Waals surface area (Å²) in [6.07, 6.45) is 5.29. The van der Waals surface area contributed by atoms with Crippen molar-refractivity contribution >= 4 is 22.4 Å². The molecule has 0 spiro atoms. The van der Waals surface area contributed by atoms with Gasteiger partial charge in [0.25, 0.3) is 0 Å². The molecule has 1 aromatic heterocycles. The molecule has 2 aromatic rings. The van der Waals surface area contributed by atoms with Crippen LogP contribution >= 0.6 is 11.3 Å². The summed E-state index contributed by atoms with van der Waals surface area (Å²) in [5.41, 5.74) is 1.15. The number of rotatable bonds is 5. The van der Waals surface area contributed by atoms with Crippen LogP contribution < -0.4 is 10.6 Å². The van der Waals surface area contributed by atoms with Gasteiger partial charge in [0, 0.05) is 12.2 Å². The zero-order valence-corrected chi connectivity index (χ0v) is 12.0. The predicted octanol–water partition coefficient (Wildman–Crippen LogP) is 2.89. The van der Waals surface area contributed by atoms with E-state index in [-0.39, 0.29) is 12.5 Å². The number of carbonyl (C=O) groups excluding carboxylic acids is 1. The van der Waals surface area contributed by atoms with Crippen molar-refractivity contribution in [2.24, 2.45) is 0 Å². The fourth-order valence-corrected chi connectivity index (χ4v) is 2.90. The summed E-state index contributed by atoms with van der Waals surface area (Å²) in [6, 6.07) is 10.5. The molecule has 0 atom stereocenters. The Morgan fingerprint density at radius 3 is 2.80 bits per heavy atom. The lowest BCUT2D eigenvalue weighted by atomic mass is 9.93. The first-order valence-electron chi connectivity index (χ1n) is 6.86. The number of aromatic nitrogens is 1. The molecule has 0 unspecified atom stereocenters. The van der Waals surface area contributed by atoms with E-state index in [9.17, 15) is 4.79 Å². The molecule has 2 N–H and O–H groups in total. The predicted molar refractivity (Wildman–Crippen MR) is 81.8 cm³/mol. The van der Waals surface area contributed by atoms with Gasteiger partial charge in [-0.05, 0) is 24.8 Å². The Balaban J connectivity index is 1.53. The van der Waals surface area contributed by atoms with Gasteiger partial charge in [-0.2, -0.15) is 0 Å².